The maximum absolute atomic E-state index is 5.12. The lowest BCUT2D eigenvalue weighted by Crippen LogP contribution is -2.40. The zero-order valence-corrected chi connectivity index (χ0v) is 19.2. The molecular weight excluding hydrogens is 455 g/mol. The highest BCUT2D eigenvalue weighted by Crippen LogP contribution is 2.13. The fourth-order valence-corrected chi connectivity index (χ4v) is 2.49. The van der Waals surface area contributed by atoms with Crippen molar-refractivity contribution in [3.05, 3.63) is 47.0 Å². The molecule has 0 saturated heterocycles. The van der Waals surface area contributed by atoms with Gasteiger partial charge in [0.25, 0.3) is 0 Å². The predicted octanol–water partition coefficient (Wildman–Crippen LogP) is 2.75. The molecule has 2 aromatic rings. The second kappa shape index (κ2) is 11.9. The third-order valence-electron chi connectivity index (χ3n) is 4.40. The van der Waals surface area contributed by atoms with Gasteiger partial charge in [0.15, 0.2) is 11.8 Å². The number of aromatic nitrogens is 3. The van der Waals surface area contributed by atoms with Crippen LogP contribution in [0, 0.1) is 6.92 Å². The van der Waals surface area contributed by atoms with Gasteiger partial charge in [0, 0.05) is 20.7 Å². The molecule has 0 fully saturated rings. The smallest absolute Gasteiger partial charge is 0.192 e. The Morgan fingerprint density at radius 2 is 1.96 bits per heavy atom. The monoisotopic (exact) mass is 486 g/mol. The van der Waals surface area contributed by atoms with Crippen molar-refractivity contribution in [2.45, 2.75) is 39.8 Å². The standard InChI is InChI=1S/C19H30N6O.HI/c1-6-16-7-9-17(10-8-16)14(2)22-19(20-11-12-26-5)21-13-18-24-23-15(3)25(18)4;/h7-10,14H,6,11-13H2,1-5H3,(H2,20,21,22);1H. The first kappa shape index (κ1) is 23.4. The number of methoxy groups -OCH3 is 1. The molecule has 1 aromatic carbocycles. The minimum absolute atomic E-state index is 0. The lowest BCUT2D eigenvalue weighted by molar-refractivity contribution is 0.203. The maximum atomic E-state index is 5.12. The van der Waals surface area contributed by atoms with Crippen LogP contribution in [0.3, 0.4) is 0 Å². The molecule has 1 atom stereocenters. The maximum Gasteiger partial charge on any atom is 0.192 e. The summed E-state index contributed by atoms with van der Waals surface area (Å²) >= 11 is 0. The number of aryl methyl sites for hydroxylation is 2. The number of guanidine groups is 1. The Morgan fingerprint density at radius 1 is 1.26 bits per heavy atom. The van der Waals surface area contributed by atoms with E-state index in [4.69, 9.17) is 4.74 Å². The molecule has 0 aliphatic heterocycles. The lowest BCUT2D eigenvalue weighted by Gasteiger charge is -2.19. The van der Waals surface area contributed by atoms with Gasteiger partial charge in [0.1, 0.15) is 12.4 Å². The summed E-state index contributed by atoms with van der Waals surface area (Å²) in [5.74, 6) is 2.44. The van der Waals surface area contributed by atoms with Crippen LogP contribution < -0.4 is 10.6 Å². The number of nitrogens with zero attached hydrogens (tertiary/aromatic N) is 4. The van der Waals surface area contributed by atoms with Crippen LogP contribution in [-0.4, -0.2) is 41.0 Å². The first-order valence-electron chi connectivity index (χ1n) is 9.02. The summed E-state index contributed by atoms with van der Waals surface area (Å²) in [6.07, 6.45) is 1.05. The van der Waals surface area contributed by atoms with Crippen LogP contribution >= 0.6 is 24.0 Å². The highest BCUT2D eigenvalue weighted by atomic mass is 127. The van der Waals surface area contributed by atoms with Gasteiger partial charge in [-0.25, -0.2) is 4.99 Å². The van der Waals surface area contributed by atoms with Crippen molar-refractivity contribution in [3.63, 3.8) is 0 Å². The summed E-state index contributed by atoms with van der Waals surface area (Å²) < 4.78 is 7.07. The van der Waals surface area contributed by atoms with Gasteiger partial charge in [-0.15, -0.1) is 34.2 Å². The van der Waals surface area contributed by atoms with Crippen LogP contribution in [0.5, 0.6) is 0 Å². The van der Waals surface area contributed by atoms with Gasteiger partial charge in [-0.2, -0.15) is 0 Å². The molecule has 1 aromatic heterocycles. The van der Waals surface area contributed by atoms with Crippen LogP contribution in [0.4, 0.5) is 0 Å². The van der Waals surface area contributed by atoms with E-state index in [1.807, 2.05) is 18.5 Å². The van der Waals surface area contributed by atoms with Crippen LogP contribution in [0.15, 0.2) is 29.3 Å². The topological polar surface area (TPSA) is 76.4 Å². The predicted molar refractivity (Wildman–Crippen MR) is 120 cm³/mol. The Kier molecular flexibility index (Phi) is 10.3. The minimum Gasteiger partial charge on any atom is -0.383 e. The fourth-order valence-electron chi connectivity index (χ4n) is 2.49. The van der Waals surface area contributed by atoms with E-state index in [-0.39, 0.29) is 30.0 Å². The molecule has 1 unspecified atom stereocenters. The van der Waals surface area contributed by atoms with Crippen LogP contribution in [0.2, 0.25) is 0 Å². The highest BCUT2D eigenvalue weighted by molar-refractivity contribution is 14.0. The summed E-state index contributed by atoms with van der Waals surface area (Å²) in [7, 11) is 3.63. The van der Waals surface area contributed by atoms with Crippen LogP contribution in [-0.2, 0) is 24.8 Å². The molecule has 150 valence electrons. The number of ether oxygens (including phenoxy) is 1. The number of hydrogen-bond acceptors (Lipinski definition) is 4. The minimum atomic E-state index is 0. The number of nitrogens with one attached hydrogen (secondary N) is 2. The van der Waals surface area contributed by atoms with Crippen molar-refractivity contribution in [1.82, 2.24) is 25.4 Å². The Hall–Kier alpha value is -1.68. The zero-order chi connectivity index (χ0) is 18.9. The Labute approximate surface area is 179 Å². The molecule has 2 N–H and O–H groups in total. The van der Waals surface area contributed by atoms with E-state index in [0.29, 0.717) is 19.7 Å². The fraction of sp³-hybridized carbons (Fsp3) is 0.526. The largest absolute Gasteiger partial charge is 0.383 e. The second-order valence-corrected chi connectivity index (χ2v) is 6.27. The van der Waals surface area contributed by atoms with Crippen LogP contribution in [0.1, 0.15) is 42.7 Å². The molecule has 27 heavy (non-hydrogen) atoms. The van der Waals surface area contributed by atoms with Gasteiger partial charge in [-0.05, 0) is 31.4 Å². The van der Waals surface area contributed by atoms with E-state index < -0.39 is 0 Å². The Bertz CT molecular complexity index is 713. The molecule has 0 radical (unpaired) electrons. The van der Waals surface area contributed by atoms with E-state index in [1.165, 1.54) is 11.1 Å². The molecule has 0 bridgehead atoms. The molecule has 0 amide bonds. The lowest BCUT2D eigenvalue weighted by atomic mass is 10.1. The van der Waals surface area contributed by atoms with E-state index in [0.717, 1.165) is 24.0 Å². The third kappa shape index (κ3) is 7.10. The molecule has 2 rings (SSSR count). The van der Waals surface area contributed by atoms with Gasteiger partial charge >= 0.3 is 0 Å². The van der Waals surface area contributed by atoms with Gasteiger partial charge in [-0.3, -0.25) is 0 Å². The summed E-state index contributed by atoms with van der Waals surface area (Å²) in [5, 5.41) is 15.0. The summed E-state index contributed by atoms with van der Waals surface area (Å²) in [5.41, 5.74) is 2.56. The van der Waals surface area contributed by atoms with Crippen molar-refractivity contribution in [1.29, 1.82) is 0 Å². The zero-order valence-electron chi connectivity index (χ0n) is 16.8. The molecular formula is C19H31IN6O. The van der Waals surface area contributed by atoms with Crippen molar-refractivity contribution >= 4 is 29.9 Å². The molecule has 1 heterocycles. The van der Waals surface area contributed by atoms with Crippen molar-refractivity contribution in [2.24, 2.45) is 12.0 Å². The van der Waals surface area contributed by atoms with Crippen molar-refractivity contribution < 1.29 is 4.74 Å². The van der Waals surface area contributed by atoms with Crippen molar-refractivity contribution in [2.75, 3.05) is 20.3 Å². The average Bonchev–Trinajstić information content (AvgIpc) is 2.98. The van der Waals surface area contributed by atoms with Gasteiger partial charge < -0.3 is 19.9 Å². The Balaban J connectivity index is 0.00000364. The second-order valence-electron chi connectivity index (χ2n) is 6.27. The quantitative estimate of drug-likeness (QED) is 0.260. The van der Waals surface area contributed by atoms with Gasteiger partial charge in [0.2, 0.25) is 0 Å². The molecule has 0 saturated carbocycles. The molecule has 0 aliphatic rings. The normalized spacial score (nSPS) is 12.4. The molecule has 8 heteroatoms. The summed E-state index contributed by atoms with van der Waals surface area (Å²) in [4.78, 5) is 4.65. The van der Waals surface area contributed by atoms with E-state index in [2.05, 4.69) is 63.9 Å². The van der Waals surface area contributed by atoms with Gasteiger partial charge in [0.05, 0.1) is 12.6 Å². The average molecular weight is 486 g/mol. The molecule has 0 aliphatic carbocycles. The number of hydrogen-bond donors (Lipinski definition) is 2. The first-order valence-corrected chi connectivity index (χ1v) is 9.02. The van der Waals surface area contributed by atoms with E-state index >= 15 is 0 Å². The third-order valence-corrected chi connectivity index (χ3v) is 4.40. The van der Waals surface area contributed by atoms with Crippen LogP contribution in [0.25, 0.3) is 0 Å². The molecule has 7 nitrogen and oxygen atoms in total. The Morgan fingerprint density at radius 3 is 2.52 bits per heavy atom. The van der Waals surface area contributed by atoms with E-state index in [1.54, 1.807) is 7.11 Å². The number of halogens is 1. The highest BCUT2D eigenvalue weighted by Gasteiger charge is 2.09. The van der Waals surface area contributed by atoms with Gasteiger partial charge in [-0.1, -0.05) is 31.2 Å². The summed E-state index contributed by atoms with van der Waals surface area (Å²) in [6, 6.07) is 8.80. The van der Waals surface area contributed by atoms with Crippen molar-refractivity contribution in [3.8, 4) is 0 Å². The SMILES string of the molecule is CCc1ccc(C(C)NC(=NCc2nnc(C)n2C)NCCOC)cc1.I. The number of benzene rings is 1. The summed E-state index contributed by atoms with van der Waals surface area (Å²) in [6.45, 7) is 7.97. The first-order chi connectivity index (χ1) is 12.5. The molecule has 0 spiro atoms. The van der Waals surface area contributed by atoms with E-state index in [9.17, 15) is 0 Å². The number of rotatable bonds is 8. The number of aliphatic imine (C=N–C) groups is 1.